The van der Waals surface area contributed by atoms with Crippen molar-refractivity contribution >= 4 is 76.8 Å². The number of nitrogen functional groups attached to an aromatic ring is 1. The zero-order valence-corrected chi connectivity index (χ0v) is 16.3. The van der Waals surface area contributed by atoms with Crippen LogP contribution < -0.4 is 11.1 Å². The van der Waals surface area contributed by atoms with Crippen molar-refractivity contribution < 1.29 is 4.79 Å². The first-order valence-corrected chi connectivity index (χ1v) is 9.25. The van der Waals surface area contributed by atoms with E-state index < -0.39 is 0 Å². The van der Waals surface area contributed by atoms with Crippen LogP contribution >= 0.6 is 59.6 Å². The van der Waals surface area contributed by atoms with Crippen LogP contribution in [-0.4, -0.2) is 11.7 Å². The Morgan fingerprint density at radius 1 is 1.14 bits per heavy atom. The molecule has 0 unspecified atom stereocenters. The van der Waals surface area contributed by atoms with E-state index >= 15 is 0 Å². The SMILES string of the molecule is Nc1cccc(SCC(=O)Nc2c(Br)cc(Br)cc2Br)c1. The fourth-order valence-electron chi connectivity index (χ4n) is 1.59. The van der Waals surface area contributed by atoms with Crippen LogP contribution in [0.3, 0.4) is 0 Å². The summed E-state index contributed by atoms with van der Waals surface area (Å²) in [5.74, 6) is 0.240. The van der Waals surface area contributed by atoms with Crippen LogP contribution in [0.15, 0.2) is 54.7 Å². The summed E-state index contributed by atoms with van der Waals surface area (Å²) in [6, 6.07) is 11.2. The van der Waals surface area contributed by atoms with E-state index in [9.17, 15) is 4.79 Å². The molecular weight excluding hydrogens is 484 g/mol. The van der Waals surface area contributed by atoms with Crippen LogP contribution in [0.4, 0.5) is 11.4 Å². The molecule has 0 fully saturated rings. The molecule has 21 heavy (non-hydrogen) atoms. The zero-order chi connectivity index (χ0) is 15.4. The second kappa shape index (κ2) is 7.67. The molecule has 3 N–H and O–H groups in total. The summed E-state index contributed by atoms with van der Waals surface area (Å²) < 4.78 is 2.55. The Morgan fingerprint density at radius 2 is 1.81 bits per heavy atom. The topological polar surface area (TPSA) is 55.1 Å². The summed E-state index contributed by atoms with van der Waals surface area (Å²) in [5.41, 5.74) is 7.12. The summed E-state index contributed by atoms with van der Waals surface area (Å²) in [4.78, 5) is 13.0. The normalized spacial score (nSPS) is 10.4. The average Bonchev–Trinajstić information content (AvgIpc) is 2.40. The quantitative estimate of drug-likeness (QED) is 0.448. The van der Waals surface area contributed by atoms with Crippen LogP contribution in [0.5, 0.6) is 0 Å². The van der Waals surface area contributed by atoms with E-state index in [1.165, 1.54) is 11.8 Å². The number of carbonyl (C=O) groups is 1. The predicted octanol–water partition coefficient (Wildman–Crippen LogP) is 5.29. The number of thioether (sulfide) groups is 1. The van der Waals surface area contributed by atoms with Gasteiger partial charge in [-0.3, -0.25) is 4.79 Å². The number of nitrogens with one attached hydrogen (secondary N) is 1. The van der Waals surface area contributed by atoms with E-state index in [0.29, 0.717) is 11.4 Å². The molecule has 0 aliphatic carbocycles. The maximum Gasteiger partial charge on any atom is 0.234 e. The Hall–Kier alpha value is -0.500. The highest BCUT2D eigenvalue weighted by Gasteiger charge is 2.11. The Bertz CT molecular complexity index is 656. The van der Waals surface area contributed by atoms with Crippen LogP contribution in [0, 0.1) is 0 Å². The highest BCUT2D eigenvalue weighted by molar-refractivity contribution is 9.11. The average molecular weight is 495 g/mol. The fraction of sp³-hybridized carbons (Fsp3) is 0.0714. The number of amides is 1. The van der Waals surface area contributed by atoms with Crippen molar-refractivity contribution in [1.82, 2.24) is 0 Å². The van der Waals surface area contributed by atoms with Gasteiger partial charge < -0.3 is 11.1 Å². The molecule has 7 heteroatoms. The van der Waals surface area contributed by atoms with E-state index in [2.05, 4.69) is 53.1 Å². The van der Waals surface area contributed by atoms with E-state index in [0.717, 1.165) is 24.0 Å². The number of anilines is 2. The first kappa shape index (κ1) is 16.9. The Labute approximate surface area is 152 Å². The number of rotatable bonds is 4. The number of carbonyl (C=O) groups excluding carboxylic acids is 1. The van der Waals surface area contributed by atoms with Crippen molar-refractivity contribution in [3.05, 3.63) is 49.8 Å². The molecule has 0 spiro atoms. The lowest BCUT2D eigenvalue weighted by atomic mass is 10.3. The van der Waals surface area contributed by atoms with Crippen LogP contribution in [-0.2, 0) is 4.79 Å². The molecule has 0 atom stereocenters. The molecule has 110 valence electrons. The van der Waals surface area contributed by atoms with Gasteiger partial charge in [-0.2, -0.15) is 0 Å². The van der Waals surface area contributed by atoms with E-state index in [4.69, 9.17) is 5.73 Å². The molecule has 3 nitrogen and oxygen atoms in total. The second-order valence-electron chi connectivity index (χ2n) is 4.15. The van der Waals surface area contributed by atoms with Gasteiger partial charge in [0.15, 0.2) is 0 Å². The summed E-state index contributed by atoms with van der Waals surface area (Å²) in [6.07, 6.45) is 0. The van der Waals surface area contributed by atoms with Crippen LogP contribution in [0.2, 0.25) is 0 Å². The van der Waals surface area contributed by atoms with Gasteiger partial charge in [-0.15, -0.1) is 11.8 Å². The van der Waals surface area contributed by atoms with Crippen molar-refractivity contribution in [3.8, 4) is 0 Å². The molecule has 0 aliphatic rings. The number of hydrogen-bond acceptors (Lipinski definition) is 3. The van der Waals surface area contributed by atoms with Crippen molar-refractivity contribution in [2.45, 2.75) is 4.90 Å². The highest BCUT2D eigenvalue weighted by atomic mass is 79.9. The summed E-state index contributed by atoms with van der Waals surface area (Å²) in [7, 11) is 0. The second-order valence-corrected chi connectivity index (χ2v) is 7.83. The van der Waals surface area contributed by atoms with Gasteiger partial charge in [0.1, 0.15) is 0 Å². The summed E-state index contributed by atoms with van der Waals surface area (Å²) >= 11 is 11.7. The third kappa shape index (κ3) is 5.02. The number of halogens is 3. The third-order valence-electron chi connectivity index (χ3n) is 2.50. The smallest absolute Gasteiger partial charge is 0.234 e. The molecule has 0 saturated carbocycles. The maximum atomic E-state index is 12.0. The van der Waals surface area contributed by atoms with E-state index in [1.54, 1.807) is 0 Å². The number of hydrogen-bond donors (Lipinski definition) is 2. The largest absolute Gasteiger partial charge is 0.399 e. The molecular formula is C14H11Br3N2OS. The van der Waals surface area contributed by atoms with Crippen molar-refractivity contribution in [2.24, 2.45) is 0 Å². The minimum absolute atomic E-state index is 0.0776. The molecule has 0 aliphatic heterocycles. The Morgan fingerprint density at radius 3 is 2.43 bits per heavy atom. The number of benzene rings is 2. The Balaban J connectivity index is 1.99. The molecule has 0 heterocycles. The van der Waals surface area contributed by atoms with Gasteiger partial charge >= 0.3 is 0 Å². The molecule has 2 rings (SSSR count). The molecule has 0 aromatic heterocycles. The number of nitrogens with two attached hydrogens (primary N) is 1. The highest BCUT2D eigenvalue weighted by Crippen LogP contribution is 2.34. The monoisotopic (exact) mass is 492 g/mol. The van der Waals surface area contributed by atoms with Gasteiger partial charge in [-0.05, 0) is 62.2 Å². The maximum absolute atomic E-state index is 12.0. The van der Waals surface area contributed by atoms with Crippen molar-refractivity contribution in [1.29, 1.82) is 0 Å². The van der Waals surface area contributed by atoms with E-state index in [1.807, 2.05) is 36.4 Å². The van der Waals surface area contributed by atoms with Gasteiger partial charge in [0.25, 0.3) is 0 Å². The van der Waals surface area contributed by atoms with Gasteiger partial charge in [0, 0.05) is 24.0 Å². The molecule has 0 radical (unpaired) electrons. The lowest BCUT2D eigenvalue weighted by Gasteiger charge is -2.10. The van der Waals surface area contributed by atoms with Crippen molar-refractivity contribution in [2.75, 3.05) is 16.8 Å². The minimum Gasteiger partial charge on any atom is -0.399 e. The standard InChI is InChI=1S/C14H11Br3N2OS/c15-8-4-11(16)14(12(17)5-8)19-13(20)7-21-10-3-1-2-9(18)6-10/h1-6H,7,18H2,(H,19,20). The van der Waals surface area contributed by atoms with Gasteiger partial charge in [-0.1, -0.05) is 22.0 Å². The first-order chi connectivity index (χ1) is 9.95. The minimum atomic E-state index is -0.0776. The summed E-state index contributed by atoms with van der Waals surface area (Å²) in [5, 5.41) is 2.88. The molecule has 2 aromatic rings. The first-order valence-electron chi connectivity index (χ1n) is 5.88. The van der Waals surface area contributed by atoms with E-state index in [-0.39, 0.29) is 5.91 Å². The van der Waals surface area contributed by atoms with Crippen molar-refractivity contribution in [3.63, 3.8) is 0 Å². The molecule has 0 bridgehead atoms. The third-order valence-corrected chi connectivity index (χ3v) is 5.20. The molecule has 1 amide bonds. The predicted molar refractivity (Wildman–Crippen MR) is 99.8 cm³/mol. The molecule has 0 saturated heterocycles. The van der Waals surface area contributed by atoms with Crippen LogP contribution in [0.1, 0.15) is 0 Å². The Kier molecular flexibility index (Phi) is 6.16. The lowest BCUT2D eigenvalue weighted by molar-refractivity contribution is -0.113. The lowest BCUT2D eigenvalue weighted by Crippen LogP contribution is -2.14. The summed E-state index contributed by atoms with van der Waals surface area (Å²) in [6.45, 7) is 0. The van der Waals surface area contributed by atoms with Gasteiger partial charge in [0.05, 0.1) is 11.4 Å². The fourth-order valence-corrected chi connectivity index (χ4v) is 4.81. The van der Waals surface area contributed by atoms with Gasteiger partial charge in [0.2, 0.25) is 5.91 Å². The van der Waals surface area contributed by atoms with Crippen LogP contribution in [0.25, 0.3) is 0 Å². The zero-order valence-electron chi connectivity index (χ0n) is 10.7. The molecule has 2 aromatic carbocycles. The van der Waals surface area contributed by atoms with Gasteiger partial charge in [-0.25, -0.2) is 0 Å².